The lowest BCUT2D eigenvalue weighted by molar-refractivity contribution is -0.124. The van der Waals surface area contributed by atoms with Gasteiger partial charge in [-0.3, -0.25) is 4.79 Å². The molecule has 1 atom stereocenters. The Hall–Kier alpha value is -2.13. The van der Waals surface area contributed by atoms with E-state index in [1.165, 1.54) is 6.07 Å². The molecule has 1 aliphatic carbocycles. The van der Waals surface area contributed by atoms with Crippen LogP contribution in [-0.2, 0) is 19.6 Å². The number of ether oxygens (including phenoxy) is 1. The molecule has 0 aromatic heterocycles. The Morgan fingerprint density at radius 1 is 1.13 bits per heavy atom. The lowest BCUT2D eigenvalue weighted by Gasteiger charge is -2.15. The molecule has 30 heavy (non-hydrogen) atoms. The normalized spacial score (nSPS) is 14.8. The lowest BCUT2D eigenvalue weighted by atomic mass is 10.1. The Kier molecular flexibility index (Phi) is 7.02. The van der Waals surface area contributed by atoms with Crippen LogP contribution in [0, 0.1) is 0 Å². The number of sulfonamides is 1. The van der Waals surface area contributed by atoms with Gasteiger partial charge in [-0.1, -0.05) is 53.5 Å². The number of carbonyl (C=O) groups excluding carboxylic acids is 2. The van der Waals surface area contributed by atoms with Gasteiger partial charge in [-0.2, -0.15) is 0 Å². The van der Waals surface area contributed by atoms with E-state index < -0.39 is 28.5 Å². The molecular weight excluding hydrogens is 451 g/mol. The second kappa shape index (κ2) is 9.34. The Bertz CT molecular complexity index is 1060. The van der Waals surface area contributed by atoms with Gasteiger partial charge in [0.05, 0.1) is 21.7 Å². The Labute approximate surface area is 184 Å². The minimum absolute atomic E-state index is 0.0755. The smallest absolute Gasteiger partial charge is 0.340 e. The van der Waals surface area contributed by atoms with Gasteiger partial charge >= 0.3 is 5.97 Å². The monoisotopic (exact) mass is 470 g/mol. The quantitative estimate of drug-likeness (QED) is 0.575. The zero-order valence-electron chi connectivity index (χ0n) is 16.0. The van der Waals surface area contributed by atoms with Gasteiger partial charge in [-0.15, -0.1) is 0 Å². The summed E-state index contributed by atoms with van der Waals surface area (Å²) in [4.78, 5) is 24.2. The van der Waals surface area contributed by atoms with Gasteiger partial charge < -0.3 is 10.1 Å². The van der Waals surface area contributed by atoms with Gasteiger partial charge in [0.1, 0.15) is 4.90 Å². The van der Waals surface area contributed by atoms with Gasteiger partial charge in [0.2, 0.25) is 10.0 Å². The van der Waals surface area contributed by atoms with E-state index in [0.29, 0.717) is 0 Å². The van der Waals surface area contributed by atoms with E-state index in [1.54, 1.807) is 6.92 Å². The fraction of sp³-hybridized carbons (Fsp3) is 0.300. The molecule has 1 fully saturated rings. The Balaban J connectivity index is 1.66. The molecule has 0 heterocycles. The first-order valence-electron chi connectivity index (χ1n) is 9.20. The van der Waals surface area contributed by atoms with Gasteiger partial charge in [-0.25, -0.2) is 17.9 Å². The zero-order valence-corrected chi connectivity index (χ0v) is 18.4. The van der Waals surface area contributed by atoms with Crippen LogP contribution in [0.2, 0.25) is 10.0 Å². The first-order chi connectivity index (χ1) is 14.2. The molecule has 10 heteroatoms. The highest BCUT2D eigenvalue weighted by atomic mass is 35.5. The van der Waals surface area contributed by atoms with Gasteiger partial charge in [0, 0.05) is 6.04 Å². The van der Waals surface area contributed by atoms with E-state index in [1.807, 2.05) is 30.3 Å². The summed E-state index contributed by atoms with van der Waals surface area (Å²) in [6, 6.07) is 11.1. The molecule has 2 N–H and O–H groups in total. The van der Waals surface area contributed by atoms with Gasteiger partial charge in [-0.05, 0) is 37.5 Å². The van der Waals surface area contributed by atoms with Crippen molar-refractivity contribution in [2.45, 2.75) is 36.7 Å². The van der Waals surface area contributed by atoms with Crippen molar-refractivity contribution in [1.82, 2.24) is 10.0 Å². The van der Waals surface area contributed by atoms with Crippen LogP contribution in [0.25, 0.3) is 0 Å². The summed E-state index contributed by atoms with van der Waals surface area (Å²) < 4.78 is 32.4. The van der Waals surface area contributed by atoms with Crippen LogP contribution in [0.15, 0.2) is 47.4 Å². The highest BCUT2D eigenvalue weighted by Crippen LogP contribution is 2.31. The van der Waals surface area contributed by atoms with E-state index in [4.69, 9.17) is 27.9 Å². The highest BCUT2D eigenvalue weighted by molar-refractivity contribution is 7.89. The third-order valence-corrected chi connectivity index (χ3v) is 6.74. The van der Waals surface area contributed by atoms with E-state index in [9.17, 15) is 18.0 Å². The molecule has 1 saturated carbocycles. The number of hydrogen-bond donors (Lipinski definition) is 2. The first kappa shape index (κ1) is 22.6. The Morgan fingerprint density at radius 2 is 1.80 bits per heavy atom. The molecule has 0 spiro atoms. The number of esters is 1. The summed E-state index contributed by atoms with van der Waals surface area (Å²) in [5.74, 6) is -1.44. The van der Waals surface area contributed by atoms with E-state index in [2.05, 4.69) is 10.0 Å². The second-order valence-corrected chi connectivity index (χ2v) is 9.43. The molecule has 1 aliphatic rings. The molecule has 1 unspecified atom stereocenters. The number of amides is 1. The van der Waals surface area contributed by atoms with Crippen molar-refractivity contribution in [2.75, 3.05) is 6.61 Å². The minimum atomic E-state index is -3.91. The molecular formula is C20H20Cl2N2O5S. The fourth-order valence-corrected chi connectivity index (χ4v) is 4.85. The van der Waals surface area contributed by atoms with Crippen molar-refractivity contribution in [3.63, 3.8) is 0 Å². The molecule has 160 valence electrons. The largest absolute Gasteiger partial charge is 0.452 e. The summed E-state index contributed by atoms with van der Waals surface area (Å²) in [6.45, 7) is 1.26. The van der Waals surface area contributed by atoms with Crippen molar-refractivity contribution in [2.24, 2.45) is 0 Å². The topological polar surface area (TPSA) is 102 Å². The number of rotatable bonds is 8. The van der Waals surface area contributed by atoms with Gasteiger partial charge in [0.25, 0.3) is 5.91 Å². The first-order valence-corrected chi connectivity index (χ1v) is 11.4. The van der Waals surface area contributed by atoms with Crippen LogP contribution < -0.4 is 10.0 Å². The maximum atomic E-state index is 12.5. The zero-order chi connectivity index (χ0) is 21.9. The Morgan fingerprint density at radius 3 is 2.43 bits per heavy atom. The van der Waals surface area contributed by atoms with Crippen LogP contribution in [0.3, 0.4) is 0 Å². The van der Waals surface area contributed by atoms with Crippen LogP contribution in [0.5, 0.6) is 0 Å². The van der Waals surface area contributed by atoms with Crippen molar-refractivity contribution in [3.05, 3.63) is 63.6 Å². The number of carbonyl (C=O) groups is 2. The van der Waals surface area contributed by atoms with Crippen LogP contribution in [0.1, 0.15) is 41.7 Å². The molecule has 3 rings (SSSR count). The third kappa shape index (κ3) is 5.72. The molecule has 0 saturated heterocycles. The predicted octanol–water partition coefficient (Wildman–Crippen LogP) is 3.47. The molecule has 7 nitrogen and oxygen atoms in total. The SMILES string of the molecule is CC(NC(=O)COC(=O)c1cc(S(=O)(=O)NC2CC2)c(Cl)cc1Cl)c1ccccc1. The minimum Gasteiger partial charge on any atom is -0.452 e. The molecule has 2 aromatic rings. The fourth-order valence-electron chi connectivity index (χ4n) is 2.69. The second-order valence-electron chi connectivity index (χ2n) is 6.93. The maximum absolute atomic E-state index is 12.5. The van der Waals surface area contributed by atoms with Crippen LogP contribution in [-0.4, -0.2) is 32.9 Å². The summed E-state index contributed by atoms with van der Waals surface area (Å²) in [5.41, 5.74) is 0.706. The highest BCUT2D eigenvalue weighted by Gasteiger charge is 2.30. The lowest BCUT2D eigenvalue weighted by Crippen LogP contribution is -2.31. The average Bonchev–Trinajstić information content (AvgIpc) is 3.50. The van der Waals surface area contributed by atoms with Crippen molar-refractivity contribution in [1.29, 1.82) is 0 Å². The molecule has 1 amide bonds. The predicted molar refractivity (Wildman–Crippen MR) is 113 cm³/mol. The van der Waals surface area contributed by atoms with E-state index in [-0.39, 0.29) is 32.6 Å². The molecule has 0 radical (unpaired) electrons. The molecule has 2 aromatic carbocycles. The number of nitrogens with one attached hydrogen (secondary N) is 2. The van der Waals surface area contributed by atoms with Crippen LogP contribution >= 0.6 is 23.2 Å². The van der Waals surface area contributed by atoms with Crippen LogP contribution in [0.4, 0.5) is 0 Å². The van der Waals surface area contributed by atoms with Crippen molar-refractivity contribution < 1.29 is 22.7 Å². The third-order valence-electron chi connectivity index (χ3n) is 4.44. The average molecular weight is 471 g/mol. The summed E-state index contributed by atoms with van der Waals surface area (Å²) in [7, 11) is -3.91. The van der Waals surface area contributed by atoms with Gasteiger partial charge in [0.15, 0.2) is 6.61 Å². The summed E-state index contributed by atoms with van der Waals surface area (Å²) in [5, 5.41) is 2.53. The number of benzene rings is 2. The van der Waals surface area contributed by atoms with E-state index >= 15 is 0 Å². The molecule has 0 bridgehead atoms. The van der Waals surface area contributed by atoms with Crippen molar-refractivity contribution >= 4 is 45.1 Å². The maximum Gasteiger partial charge on any atom is 0.340 e. The standard InChI is InChI=1S/C20H20Cl2N2O5S/c1-12(13-5-3-2-4-6-13)23-19(25)11-29-20(26)15-9-18(17(22)10-16(15)21)30(27,28)24-14-7-8-14/h2-6,9-10,12,14,24H,7-8,11H2,1H3,(H,23,25). The summed E-state index contributed by atoms with van der Waals surface area (Å²) in [6.07, 6.45) is 1.49. The van der Waals surface area contributed by atoms with Crippen molar-refractivity contribution in [3.8, 4) is 0 Å². The summed E-state index contributed by atoms with van der Waals surface area (Å²) >= 11 is 12.1. The molecule has 0 aliphatic heterocycles. The number of hydrogen-bond acceptors (Lipinski definition) is 5. The van der Waals surface area contributed by atoms with E-state index in [0.717, 1.165) is 24.5 Å². The number of halogens is 2.